The highest BCUT2D eigenvalue weighted by molar-refractivity contribution is 5.99. The minimum absolute atomic E-state index is 0.154. The van der Waals surface area contributed by atoms with E-state index in [4.69, 9.17) is 25.4 Å². The second-order valence-corrected chi connectivity index (χ2v) is 15.4. The van der Waals surface area contributed by atoms with Crippen LogP contribution in [-0.4, -0.2) is 121 Å². The van der Waals surface area contributed by atoms with Gasteiger partial charge in [0.2, 0.25) is 0 Å². The van der Waals surface area contributed by atoms with Gasteiger partial charge in [0.15, 0.2) is 11.9 Å². The normalized spacial score (nSPS) is 35.3. The fraction of sp³-hybridized carbons (Fsp3) is 0.744. The molecule has 0 spiro atoms. The maximum absolute atomic E-state index is 13.3. The van der Waals surface area contributed by atoms with Gasteiger partial charge >= 0.3 is 12.1 Å². The third kappa shape index (κ3) is 13.8. The molecule has 14 heteroatoms. The molecule has 14 nitrogen and oxygen atoms in total. The monoisotopic (exact) mass is 749 g/mol. The number of cyclic esters (lactones) is 1. The van der Waals surface area contributed by atoms with Crippen molar-refractivity contribution >= 4 is 36.4 Å². The number of Topliss-reactive ketones (excluding diaryl/α,β-unsaturated/α-hetero) is 2. The second-order valence-electron chi connectivity index (χ2n) is 15.4. The van der Waals surface area contributed by atoms with Crippen molar-refractivity contribution in [3.63, 3.8) is 0 Å². The van der Waals surface area contributed by atoms with E-state index >= 15 is 0 Å². The van der Waals surface area contributed by atoms with Crippen molar-refractivity contribution in [2.75, 3.05) is 28.2 Å². The molecule has 0 radical (unpaired) electrons. The van der Waals surface area contributed by atoms with E-state index in [-0.39, 0.29) is 30.5 Å². The van der Waals surface area contributed by atoms with E-state index < -0.39 is 65.4 Å². The standard InChI is InChI=1S/C23H35NO8.C8H17NO2.C8H11NO/c1-8-16-23(7)19(24-21(29)32-23)14(4)17(26)12(2)9-22(6,30-11-25)10-13(3)18(27)15(5)20(28)31-16;1-6-4-7(9(2)3)5-8(10)11-6;1-4-5-8(7-10)6-9(2)3/h11-16,19H,8-10H2,1-7H3,(H,24,29);6-8,10H,4-5H2,1-3H3;1,6-7H,5H2,2-3H3/b;;8-6+/t12-,13-,14?,15-,16-,19?,22-,23-;;/m1../s1. The van der Waals surface area contributed by atoms with Gasteiger partial charge in [-0.3, -0.25) is 24.0 Å². The van der Waals surface area contributed by atoms with Crippen LogP contribution < -0.4 is 5.32 Å². The van der Waals surface area contributed by atoms with E-state index in [9.17, 15) is 33.9 Å². The third-order valence-electron chi connectivity index (χ3n) is 10.1. The number of aldehydes is 1. The van der Waals surface area contributed by atoms with E-state index in [2.05, 4.69) is 16.1 Å². The number of hydrogen-bond acceptors (Lipinski definition) is 13. The SMILES string of the molecule is C#CC/C(C=O)=C\N(C)C.CC1CC(N(C)C)CC(O)O1.CC[C@H]1OC(=O)[C@H](C)C(=O)[C@H](C)C[C@](C)(OC=O)C[C@@H](C)C(=O)C(C)C2NC(=O)O[C@@]21C. The van der Waals surface area contributed by atoms with Gasteiger partial charge in [0, 0.05) is 62.5 Å². The molecular formula is C39H63N3O11. The smallest absolute Gasteiger partial charge is 0.408 e. The van der Waals surface area contributed by atoms with Crippen molar-refractivity contribution in [1.29, 1.82) is 0 Å². The molecule has 3 aliphatic heterocycles. The topological polar surface area (TPSA) is 178 Å². The van der Waals surface area contributed by atoms with Gasteiger partial charge in [0.1, 0.15) is 35.5 Å². The summed E-state index contributed by atoms with van der Waals surface area (Å²) in [6.45, 7) is 14.0. The lowest BCUT2D eigenvalue weighted by molar-refractivity contribution is -0.172. The Labute approximate surface area is 315 Å². The van der Waals surface area contributed by atoms with Gasteiger partial charge < -0.3 is 39.2 Å². The average Bonchev–Trinajstić information content (AvgIpc) is 3.38. The molecule has 0 saturated carbocycles. The zero-order chi connectivity index (χ0) is 40.8. The highest BCUT2D eigenvalue weighted by Gasteiger charge is 2.56. The summed E-state index contributed by atoms with van der Waals surface area (Å²) in [6, 6.07) is -0.275. The molecule has 0 aliphatic carbocycles. The summed E-state index contributed by atoms with van der Waals surface area (Å²) in [7, 11) is 7.77. The minimum atomic E-state index is -1.29. The van der Waals surface area contributed by atoms with E-state index in [1.807, 2.05) is 35.1 Å². The summed E-state index contributed by atoms with van der Waals surface area (Å²) >= 11 is 0. The number of allylic oxidation sites excluding steroid dienone is 1. The number of amides is 1. The average molecular weight is 750 g/mol. The van der Waals surface area contributed by atoms with Gasteiger partial charge in [0.05, 0.1) is 12.1 Å². The van der Waals surface area contributed by atoms with E-state index in [0.717, 1.165) is 19.1 Å². The Morgan fingerprint density at radius 3 is 2.06 bits per heavy atom. The molecule has 1 amide bonds. The summed E-state index contributed by atoms with van der Waals surface area (Å²) in [5.74, 6) is -1.67. The number of aliphatic hydroxyl groups is 1. The Kier molecular flexibility index (Phi) is 18.9. The number of hydrogen-bond donors (Lipinski definition) is 2. The first-order valence-electron chi connectivity index (χ1n) is 18.2. The molecule has 3 saturated heterocycles. The van der Waals surface area contributed by atoms with Crippen LogP contribution in [0.5, 0.6) is 0 Å². The Hall–Kier alpha value is -3.80. The number of ether oxygens (including phenoxy) is 4. The maximum Gasteiger partial charge on any atom is 0.408 e. The van der Waals surface area contributed by atoms with Gasteiger partial charge in [-0.1, -0.05) is 27.7 Å². The third-order valence-corrected chi connectivity index (χ3v) is 10.1. The molecule has 5 unspecified atom stereocenters. The summed E-state index contributed by atoms with van der Waals surface area (Å²) in [5.41, 5.74) is -1.74. The van der Waals surface area contributed by atoms with Crippen LogP contribution >= 0.6 is 0 Å². The van der Waals surface area contributed by atoms with Crippen LogP contribution in [0.3, 0.4) is 0 Å². The number of esters is 1. The van der Waals surface area contributed by atoms with Crippen LogP contribution in [0.2, 0.25) is 0 Å². The molecular weight excluding hydrogens is 686 g/mol. The predicted molar refractivity (Wildman–Crippen MR) is 198 cm³/mol. The molecule has 3 heterocycles. The lowest BCUT2D eigenvalue weighted by Crippen LogP contribution is -2.57. The number of terminal acetylenes is 1. The van der Waals surface area contributed by atoms with Crippen molar-refractivity contribution in [2.45, 2.75) is 136 Å². The van der Waals surface area contributed by atoms with Gasteiger partial charge in [-0.2, -0.15) is 0 Å². The minimum Gasteiger partial charge on any atom is -0.462 e. The largest absolute Gasteiger partial charge is 0.462 e. The fourth-order valence-electron chi connectivity index (χ4n) is 7.33. The molecule has 0 aromatic rings. The van der Waals surface area contributed by atoms with E-state index in [1.54, 1.807) is 52.6 Å². The van der Waals surface area contributed by atoms with Crippen molar-refractivity contribution in [2.24, 2.45) is 23.7 Å². The lowest BCUT2D eigenvalue weighted by atomic mass is 9.74. The number of rotatable bonds is 7. The zero-order valence-corrected chi connectivity index (χ0v) is 33.7. The Bertz CT molecular complexity index is 1330. The van der Waals surface area contributed by atoms with Crippen LogP contribution in [0.15, 0.2) is 11.8 Å². The lowest BCUT2D eigenvalue weighted by Gasteiger charge is -2.39. The molecule has 0 aromatic heterocycles. The molecule has 53 heavy (non-hydrogen) atoms. The maximum atomic E-state index is 13.3. The summed E-state index contributed by atoms with van der Waals surface area (Å²) < 4.78 is 21.7. The molecule has 0 aromatic carbocycles. The van der Waals surface area contributed by atoms with Gasteiger partial charge in [0.25, 0.3) is 6.47 Å². The Morgan fingerprint density at radius 1 is 1.00 bits per heavy atom. The number of carbonyl (C=O) groups excluding carboxylic acids is 6. The molecule has 2 N–H and O–H groups in total. The molecule has 0 bridgehead atoms. The molecule has 300 valence electrons. The Morgan fingerprint density at radius 2 is 1.58 bits per heavy atom. The van der Waals surface area contributed by atoms with Crippen LogP contribution in [0.25, 0.3) is 0 Å². The van der Waals surface area contributed by atoms with Crippen molar-refractivity contribution in [3.05, 3.63) is 11.8 Å². The number of fused-ring (bicyclic) bond motifs is 1. The molecule has 3 rings (SSSR count). The first-order chi connectivity index (χ1) is 24.6. The highest BCUT2D eigenvalue weighted by Crippen LogP contribution is 2.38. The van der Waals surface area contributed by atoms with Gasteiger partial charge in [-0.05, 0) is 67.5 Å². The quantitative estimate of drug-likeness (QED) is 0.0964. The zero-order valence-electron chi connectivity index (χ0n) is 33.7. The number of carbonyl (C=O) groups is 6. The summed E-state index contributed by atoms with van der Waals surface area (Å²) in [5, 5.41) is 12.0. The first-order valence-corrected chi connectivity index (χ1v) is 18.2. The van der Waals surface area contributed by atoms with Gasteiger partial charge in [-0.15, -0.1) is 12.3 Å². The predicted octanol–water partition coefficient (Wildman–Crippen LogP) is 3.67. The van der Waals surface area contributed by atoms with Crippen LogP contribution in [0.4, 0.5) is 4.79 Å². The van der Waals surface area contributed by atoms with E-state index in [1.165, 1.54) is 6.92 Å². The number of ketones is 2. The van der Waals surface area contributed by atoms with Crippen LogP contribution in [0.1, 0.15) is 93.9 Å². The molecule has 3 fully saturated rings. The van der Waals surface area contributed by atoms with Crippen molar-refractivity contribution in [1.82, 2.24) is 15.1 Å². The number of alkyl carbamates (subject to hydrolysis) is 1. The number of nitrogens with zero attached hydrogens (tertiary/aromatic N) is 2. The van der Waals surface area contributed by atoms with E-state index in [0.29, 0.717) is 30.9 Å². The highest BCUT2D eigenvalue weighted by atomic mass is 16.6. The number of aliphatic hydroxyl groups excluding tert-OH is 1. The van der Waals surface area contributed by atoms with Crippen molar-refractivity contribution < 1.29 is 52.8 Å². The summed E-state index contributed by atoms with van der Waals surface area (Å²) in [4.78, 5) is 76.7. The Balaban J connectivity index is 0.000000541. The first kappa shape index (κ1) is 47.2. The van der Waals surface area contributed by atoms with Gasteiger partial charge in [-0.25, -0.2) is 4.79 Å². The number of nitrogens with one attached hydrogen (secondary N) is 1. The summed E-state index contributed by atoms with van der Waals surface area (Å²) in [6.07, 6.45) is 8.42. The molecule has 3 aliphatic rings. The fourth-order valence-corrected chi connectivity index (χ4v) is 7.33. The molecule has 11 atom stereocenters. The van der Waals surface area contributed by atoms with Crippen LogP contribution in [-0.2, 0) is 42.9 Å². The second kappa shape index (κ2) is 21.2. The van der Waals surface area contributed by atoms with Crippen molar-refractivity contribution in [3.8, 4) is 12.3 Å². The van der Waals surface area contributed by atoms with Crippen LogP contribution in [0, 0.1) is 36.0 Å².